The first-order valence-corrected chi connectivity index (χ1v) is 5.38. The van der Waals surface area contributed by atoms with Crippen molar-refractivity contribution in [3.8, 4) is 0 Å². The van der Waals surface area contributed by atoms with Gasteiger partial charge in [-0.25, -0.2) is 4.79 Å². The van der Waals surface area contributed by atoms with Gasteiger partial charge in [-0.2, -0.15) is 5.10 Å². The van der Waals surface area contributed by atoms with E-state index >= 15 is 0 Å². The van der Waals surface area contributed by atoms with Gasteiger partial charge in [0, 0.05) is 18.8 Å². The number of hydrogen-bond donors (Lipinski definition) is 3. The highest BCUT2D eigenvalue weighted by Gasteiger charge is 2.22. The maximum absolute atomic E-state index is 12.0. The van der Waals surface area contributed by atoms with E-state index in [-0.39, 0.29) is 6.54 Å². The van der Waals surface area contributed by atoms with Crippen LogP contribution < -0.4 is 5.73 Å². The van der Waals surface area contributed by atoms with Crippen LogP contribution in [0.3, 0.4) is 0 Å². The van der Waals surface area contributed by atoms with Crippen molar-refractivity contribution in [3.05, 3.63) is 18.0 Å². The number of carbonyl (C=O) groups is 3. The molecule has 0 aliphatic carbocycles. The summed E-state index contributed by atoms with van der Waals surface area (Å²) < 4.78 is 0. The molecule has 0 saturated carbocycles. The van der Waals surface area contributed by atoms with Crippen LogP contribution in [0.25, 0.3) is 0 Å². The van der Waals surface area contributed by atoms with Gasteiger partial charge in [-0.05, 0) is 0 Å². The van der Waals surface area contributed by atoms with E-state index in [0.717, 1.165) is 10.5 Å². The fraction of sp³-hybridized carbons (Fsp3) is 0.400. The summed E-state index contributed by atoms with van der Waals surface area (Å²) in [6.45, 7) is -0.789. The summed E-state index contributed by atoms with van der Waals surface area (Å²) in [5.41, 5.74) is 5.74. The lowest BCUT2D eigenvalue weighted by atomic mass is 10.3. The zero-order chi connectivity index (χ0) is 14.4. The van der Waals surface area contributed by atoms with Crippen molar-refractivity contribution in [3.63, 3.8) is 0 Å². The van der Waals surface area contributed by atoms with Gasteiger partial charge >= 0.3 is 12.0 Å². The number of carboxylic acids is 1. The molecule has 1 heterocycles. The molecule has 4 N–H and O–H groups in total. The van der Waals surface area contributed by atoms with Crippen LogP contribution in [0.15, 0.2) is 12.4 Å². The topological polar surface area (TPSA) is 133 Å². The van der Waals surface area contributed by atoms with Crippen molar-refractivity contribution in [2.24, 2.45) is 5.73 Å². The number of carboxylic acid groups (broad SMARTS) is 1. The predicted molar refractivity (Wildman–Crippen MR) is 63.9 cm³/mol. The van der Waals surface area contributed by atoms with Crippen LogP contribution in [0.2, 0.25) is 0 Å². The van der Waals surface area contributed by atoms with Crippen LogP contribution in [0.4, 0.5) is 4.79 Å². The number of aliphatic carboxylic acids is 1. The Morgan fingerprint density at radius 3 is 2.58 bits per heavy atom. The Kier molecular flexibility index (Phi) is 4.86. The molecule has 0 spiro atoms. The number of hydrogen-bond acceptors (Lipinski definition) is 4. The van der Waals surface area contributed by atoms with Gasteiger partial charge in [-0.15, -0.1) is 0 Å². The van der Waals surface area contributed by atoms with Gasteiger partial charge in [0.1, 0.15) is 13.1 Å². The first kappa shape index (κ1) is 14.5. The summed E-state index contributed by atoms with van der Waals surface area (Å²) in [4.78, 5) is 35.6. The highest BCUT2D eigenvalue weighted by molar-refractivity contribution is 5.85. The fourth-order valence-electron chi connectivity index (χ4n) is 1.49. The molecule has 9 heteroatoms. The van der Waals surface area contributed by atoms with Crippen LogP contribution in [0.1, 0.15) is 5.56 Å². The number of nitrogens with two attached hydrogens (primary N) is 1. The lowest BCUT2D eigenvalue weighted by Gasteiger charge is -2.25. The van der Waals surface area contributed by atoms with E-state index in [2.05, 4.69) is 10.2 Å². The maximum atomic E-state index is 12.0. The van der Waals surface area contributed by atoms with Crippen LogP contribution in [0.5, 0.6) is 0 Å². The summed E-state index contributed by atoms with van der Waals surface area (Å²) in [6, 6.07) is -0.595. The molecule has 19 heavy (non-hydrogen) atoms. The van der Waals surface area contributed by atoms with E-state index in [0.29, 0.717) is 0 Å². The molecule has 0 unspecified atom stereocenters. The Morgan fingerprint density at radius 2 is 2.11 bits per heavy atom. The van der Waals surface area contributed by atoms with E-state index in [1.165, 1.54) is 11.9 Å². The first-order valence-electron chi connectivity index (χ1n) is 5.38. The lowest BCUT2D eigenvalue weighted by molar-refractivity contribution is -0.138. The Labute approximate surface area is 109 Å². The van der Waals surface area contributed by atoms with Gasteiger partial charge in [0.15, 0.2) is 0 Å². The minimum atomic E-state index is -1.22. The van der Waals surface area contributed by atoms with Gasteiger partial charge in [0.05, 0.1) is 12.7 Å². The minimum absolute atomic E-state index is 0.240. The number of carbonyl (C=O) groups excluding carboxylic acids is 2. The number of aromatic amines is 1. The number of nitrogens with one attached hydrogen (secondary N) is 1. The molecule has 1 aromatic heterocycles. The Morgan fingerprint density at radius 1 is 1.42 bits per heavy atom. The van der Waals surface area contributed by atoms with Crippen molar-refractivity contribution in [1.82, 2.24) is 20.0 Å². The lowest BCUT2D eigenvalue weighted by Crippen LogP contribution is -2.47. The molecule has 0 aliphatic heterocycles. The highest BCUT2D eigenvalue weighted by atomic mass is 16.4. The minimum Gasteiger partial charge on any atom is -0.480 e. The van der Waals surface area contributed by atoms with E-state index in [9.17, 15) is 14.4 Å². The molecule has 0 fully saturated rings. The Balaban J connectivity index is 2.68. The molecule has 0 aliphatic rings. The van der Waals surface area contributed by atoms with Gasteiger partial charge < -0.3 is 20.6 Å². The highest BCUT2D eigenvalue weighted by Crippen LogP contribution is 2.03. The zero-order valence-electron chi connectivity index (χ0n) is 10.4. The number of nitrogens with zero attached hydrogens (tertiary/aromatic N) is 3. The number of aromatic nitrogens is 2. The molecule has 0 atom stereocenters. The molecular weight excluding hydrogens is 254 g/mol. The third-order valence-corrected chi connectivity index (χ3v) is 2.24. The summed E-state index contributed by atoms with van der Waals surface area (Å²) in [5.74, 6) is -1.99. The van der Waals surface area contributed by atoms with Crippen molar-refractivity contribution >= 4 is 17.9 Å². The normalized spacial score (nSPS) is 9.95. The predicted octanol–water partition coefficient (Wildman–Crippen LogP) is -1.17. The monoisotopic (exact) mass is 269 g/mol. The van der Waals surface area contributed by atoms with Crippen LogP contribution in [0, 0.1) is 0 Å². The molecular formula is C10H15N5O4. The van der Waals surface area contributed by atoms with Crippen molar-refractivity contribution in [2.75, 3.05) is 20.1 Å². The molecule has 0 saturated heterocycles. The largest absolute Gasteiger partial charge is 0.480 e. The molecule has 104 valence electrons. The van der Waals surface area contributed by atoms with E-state index < -0.39 is 31.0 Å². The van der Waals surface area contributed by atoms with Crippen LogP contribution in [-0.4, -0.2) is 63.1 Å². The number of H-pyrrole nitrogens is 1. The van der Waals surface area contributed by atoms with E-state index in [1.807, 2.05) is 0 Å². The third-order valence-electron chi connectivity index (χ3n) is 2.24. The van der Waals surface area contributed by atoms with Crippen LogP contribution >= 0.6 is 0 Å². The molecule has 0 aromatic carbocycles. The van der Waals surface area contributed by atoms with Crippen LogP contribution in [-0.2, 0) is 16.1 Å². The molecule has 0 bridgehead atoms. The maximum Gasteiger partial charge on any atom is 0.323 e. The standard InChI is InChI=1S/C10H15N5O4/c1-14(4-7-2-12-13-3-7)10(19)15(5-8(11)16)6-9(17)18/h2-3H,4-6H2,1H3,(H2,11,16)(H,12,13)(H,17,18). The molecule has 1 aromatic rings. The van der Waals surface area contributed by atoms with Crippen molar-refractivity contribution in [1.29, 1.82) is 0 Å². The third kappa shape index (κ3) is 4.66. The molecule has 9 nitrogen and oxygen atoms in total. The van der Waals surface area contributed by atoms with Crippen molar-refractivity contribution < 1.29 is 19.5 Å². The Hall–Kier alpha value is -2.58. The zero-order valence-corrected chi connectivity index (χ0v) is 10.4. The number of primary amides is 1. The SMILES string of the molecule is CN(Cc1cn[nH]c1)C(=O)N(CC(N)=O)CC(=O)O. The van der Waals surface area contributed by atoms with Gasteiger partial charge in [0.25, 0.3) is 0 Å². The quantitative estimate of drug-likeness (QED) is 0.598. The molecule has 1 rings (SSSR count). The van der Waals surface area contributed by atoms with Gasteiger partial charge in [0.2, 0.25) is 5.91 Å². The second kappa shape index (κ2) is 6.38. The molecule has 0 radical (unpaired) electrons. The summed E-state index contributed by atoms with van der Waals surface area (Å²) in [7, 11) is 1.49. The number of rotatable bonds is 6. The average molecular weight is 269 g/mol. The van der Waals surface area contributed by atoms with Crippen molar-refractivity contribution in [2.45, 2.75) is 6.54 Å². The molecule has 3 amide bonds. The smallest absolute Gasteiger partial charge is 0.323 e. The number of amides is 3. The van der Waals surface area contributed by atoms with E-state index in [4.69, 9.17) is 10.8 Å². The second-order valence-electron chi connectivity index (χ2n) is 3.96. The van der Waals surface area contributed by atoms with Gasteiger partial charge in [-0.1, -0.05) is 0 Å². The summed E-state index contributed by atoms with van der Waals surface area (Å²) >= 11 is 0. The van der Waals surface area contributed by atoms with E-state index in [1.54, 1.807) is 12.4 Å². The number of urea groups is 1. The fourth-order valence-corrected chi connectivity index (χ4v) is 1.49. The van der Waals surface area contributed by atoms with Gasteiger partial charge in [-0.3, -0.25) is 14.7 Å². The summed E-state index contributed by atoms with van der Waals surface area (Å²) in [5, 5.41) is 15.0. The summed E-state index contributed by atoms with van der Waals surface area (Å²) in [6.07, 6.45) is 3.15. The average Bonchev–Trinajstić information content (AvgIpc) is 2.78. The Bertz CT molecular complexity index is 442. The first-order chi connectivity index (χ1) is 8.90. The second-order valence-corrected chi connectivity index (χ2v) is 3.96.